The molecule has 54 heavy (non-hydrogen) atoms. The summed E-state index contributed by atoms with van der Waals surface area (Å²) in [4.78, 5) is 37.7. The van der Waals surface area contributed by atoms with Crippen LogP contribution in [-0.4, -0.2) is 37.2 Å². The number of esters is 3. The molecule has 6 heteroatoms. The molecule has 310 valence electrons. The minimum Gasteiger partial charge on any atom is -0.462 e. The fraction of sp³-hybridized carbons (Fsp3) is 0.729. The van der Waals surface area contributed by atoms with Crippen molar-refractivity contribution in [2.75, 3.05) is 13.2 Å². The maximum absolute atomic E-state index is 12.7. The Kier molecular flexibility index (Phi) is 40.6. The first-order valence-corrected chi connectivity index (χ1v) is 22.3. The maximum Gasteiger partial charge on any atom is 0.306 e. The molecule has 0 N–H and O–H groups in total. The Balaban J connectivity index is 4.45. The van der Waals surface area contributed by atoms with Gasteiger partial charge in [-0.25, -0.2) is 0 Å². The molecule has 0 fully saturated rings. The first kappa shape index (κ1) is 51.1. The lowest BCUT2D eigenvalue weighted by Crippen LogP contribution is -2.30. The molecule has 0 aromatic carbocycles. The highest BCUT2D eigenvalue weighted by atomic mass is 16.6. The lowest BCUT2D eigenvalue weighted by Gasteiger charge is -2.18. The average Bonchev–Trinajstić information content (AvgIpc) is 3.17. The number of unbranched alkanes of at least 4 members (excludes halogenated alkanes) is 18. The molecule has 0 aliphatic heterocycles. The van der Waals surface area contributed by atoms with Gasteiger partial charge in [0.05, 0.1) is 0 Å². The monoisotopic (exact) mass is 755 g/mol. The predicted octanol–water partition coefficient (Wildman–Crippen LogP) is 14.1. The summed E-state index contributed by atoms with van der Waals surface area (Å²) >= 11 is 0. The molecule has 6 nitrogen and oxygen atoms in total. The van der Waals surface area contributed by atoms with E-state index in [0.29, 0.717) is 19.3 Å². The van der Waals surface area contributed by atoms with Gasteiger partial charge < -0.3 is 14.2 Å². The highest BCUT2D eigenvalue weighted by molar-refractivity contribution is 5.71. The van der Waals surface area contributed by atoms with Gasteiger partial charge in [-0.3, -0.25) is 14.4 Å². The minimum atomic E-state index is -0.790. The van der Waals surface area contributed by atoms with Gasteiger partial charge in [0, 0.05) is 19.3 Å². The molecule has 0 aliphatic rings. The number of hydrogen-bond acceptors (Lipinski definition) is 6. The third-order valence-electron chi connectivity index (χ3n) is 9.21. The van der Waals surface area contributed by atoms with Crippen LogP contribution in [0.1, 0.15) is 207 Å². The van der Waals surface area contributed by atoms with Crippen LogP contribution in [0.3, 0.4) is 0 Å². The first-order valence-electron chi connectivity index (χ1n) is 22.3. The zero-order valence-corrected chi connectivity index (χ0v) is 35.2. The summed E-state index contributed by atoms with van der Waals surface area (Å²) in [6.45, 7) is 6.38. The second kappa shape index (κ2) is 42.8. The summed E-state index contributed by atoms with van der Waals surface area (Å²) in [5.74, 6) is -0.947. The third kappa shape index (κ3) is 40.3. The molecule has 0 aromatic heterocycles. The van der Waals surface area contributed by atoms with E-state index in [1.165, 1.54) is 51.4 Å². The van der Waals surface area contributed by atoms with Gasteiger partial charge in [0.1, 0.15) is 13.2 Å². The number of allylic oxidation sites excluding steroid dienone is 10. The smallest absolute Gasteiger partial charge is 0.306 e. The molecule has 1 atom stereocenters. The van der Waals surface area contributed by atoms with Crippen LogP contribution < -0.4 is 0 Å². The molecule has 1 unspecified atom stereocenters. The van der Waals surface area contributed by atoms with Crippen molar-refractivity contribution in [3.8, 4) is 0 Å². The van der Waals surface area contributed by atoms with Gasteiger partial charge >= 0.3 is 17.9 Å². The number of ether oxygens (including phenoxy) is 3. The Morgan fingerprint density at radius 1 is 0.389 bits per heavy atom. The summed E-state index contributed by atoms with van der Waals surface area (Å²) in [6, 6.07) is 0. The average molecular weight is 755 g/mol. The zero-order valence-electron chi connectivity index (χ0n) is 35.2. The van der Waals surface area contributed by atoms with E-state index in [1.54, 1.807) is 0 Å². The number of hydrogen-bond donors (Lipinski definition) is 0. The molecule has 0 heterocycles. The number of rotatable bonds is 39. The molecular formula is C48H82O6. The van der Waals surface area contributed by atoms with Crippen molar-refractivity contribution in [2.45, 2.75) is 213 Å². The van der Waals surface area contributed by atoms with Crippen LogP contribution in [0.25, 0.3) is 0 Å². The highest BCUT2D eigenvalue weighted by Gasteiger charge is 2.19. The van der Waals surface area contributed by atoms with E-state index < -0.39 is 6.10 Å². The summed E-state index contributed by atoms with van der Waals surface area (Å²) < 4.78 is 16.6. The highest BCUT2D eigenvalue weighted by Crippen LogP contribution is 2.13. The van der Waals surface area contributed by atoms with E-state index in [-0.39, 0.29) is 31.1 Å². The van der Waals surface area contributed by atoms with Crippen LogP contribution in [0.5, 0.6) is 0 Å². The lowest BCUT2D eigenvalue weighted by atomic mass is 10.1. The molecule has 0 amide bonds. The van der Waals surface area contributed by atoms with Gasteiger partial charge in [-0.1, -0.05) is 152 Å². The Morgan fingerprint density at radius 2 is 0.759 bits per heavy atom. The van der Waals surface area contributed by atoms with E-state index in [9.17, 15) is 14.4 Å². The topological polar surface area (TPSA) is 78.9 Å². The second-order valence-corrected chi connectivity index (χ2v) is 14.6. The molecule has 0 aromatic rings. The molecule has 0 saturated heterocycles. The Bertz CT molecular complexity index is 1010. The van der Waals surface area contributed by atoms with Gasteiger partial charge in [0.15, 0.2) is 6.10 Å². The van der Waals surface area contributed by atoms with Crippen LogP contribution in [0.15, 0.2) is 60.8 Å². The van der Waals surface area contributed by atoms with E-state index >= 15 is 0 Å². The van der Waals surface area contributed by atoms with Gasteiger partial charge in [0.2, 0.25) is 0 Å². The third-order valence-corrected chi connectivity index (χ3v) is 9.21. The minimum absolute atomic E-state index is 0.0922. The van der Waals surface area contributed by atoms with E-state index in [0.717, 1.165) is 116 Å². The van der Waals surface area contributed by atoms with Crippen molar-refractivity contribution < 1.29 is 28.6 Å². The number of carbonyl (C=O) groups excluding carboxylic acids is 3. The SMILES string of the molecule is CC/C=C\C/C=C\C/C=C\CCCCCC(=O)OCC(COC(=O)CCCCCCC/C=C\CCC)OC(=O)CCCCCCC/C=C\CCCCCC. The Morgan fingerprint density at radius 3 is 1.24 bits per heavy atom. The van der Waals surface area contributed by atoms with Crippen LogP contribution in [0.4, 0.5) is 0 Å². The summed E-state index contributed by atoms with van der Waals surface area (Å²) in [6.07, 6.45) is 50.6. The maximum atomic E-state index is 12.7. The molecule has 0 spiro atoms. The van der Waals surface area contributed by atoms with Crippen molar-refractivity contribution in [3.05, 3.63) is 60.8 Å². The molecular weight excluding hydrogens is 673 g/mol. The summed E-state index contributed by atoms with van der Waals surface area (Å²) in [7, 11) is 0. The quantitative estimate of drug-likeness (QED) is 0.0269. The largest absolute Gasteiger partial charge is 0.462 e. The molecule has 0 saturated carbocycles. The van der Waals surface area contributed by atoms with Gasteiger partial charge in [-0.05, 0) is 96.3 Å². The molecule has 0 aliphatic carbocycles. The van der Waals surface area contributed by atoms with Gasteiger partial charge in [-0.15, -0.1) is 0 Å². The van der Waals surface area contributed by atoms with Gasteiger partial charge in [0.25, 0.3) is 0 Å². The fourth-order valence-corrected chi connectivity index (χ4v) is 5.86. The van der Waals surface area contributed by atoms with E-state index in [4.69, 9.17) is 14.2 Å². The van der Waals surface area contributed by atoms with Crippen molar-refractivity contribution in [1.82, 2.24) is 0 Å². The normalized spacial score (nSPS) is 12.6. The van der Waals surface area contributed by atoms with Crippen molar-refractivity contribution in [3.63, 3.8) is 0 Å². The Labute approximate surface area is 332 Å². The summed E-state index contributed by atoms with van der Waals surface area (Å²) in [5.41, 5.74) is 0. The molecule has 0 rings (SSSR count). The zero-order chi connectivity index (χ0) is 39.4. The van der Waals surface area contributed by atoms with Crippen LogP contribution in [0, 0.1) is 0 Å². The Hall–Kier alpha value is -2.89. The lowest BCUT2D eigenvalue weighted by molar-refractivity contribution is -0.167. The molecule has 0 bridgehead atoms. The van der Waals surface area contributed by atoms with Crippen molar-refractivity contribution in [2.24, 2.45) is 0 Å². The molecule has 0 radical (unpaired) electrons. The first-order chi connectivity index (χ1) is 26.5. The van der Waals surface area contributed by atoms with E-state index in [1.807, 2.05) is 0 Å². The number of carbonyl (C=O) groups is 3. The predicted molar refractivity (Wildman–Crippen MR) is 228 cm³/mol. The van der Waals surface area contributed by atoms with Crippen LogP contribution in [-0.2, 0) is 28.6 Å². The summed E-state index contributed by atoms with van der Waals surface area (Å²) in [5, 5.41) is 0. The fourth-order valence-electron chi connectivity index (χ4n) is 5.86. The second-order valence-electron chi connectivity index (χ2n) is 14.6. The van der Waals surface area contributed by atoms with Gasteiger partial charge in [-0.2, -0.15) is 0 Å². The van der Waals surface area contributed by atoms with E-state index in [2.05, 4.69) is 81.5 Å². The van der Waals surface area contributed by atoms with Crippen LogP contribution in [0.2, 0.25) is 0 Å². The van der Waals surface area contributed by atoms with Crippen LogP contribution >= 0.6 is 0 Å². The standard InChI is InChI=1S/C48H82O6/c1-4-7-10-13-16-19-22-24-26-29-32-35-38-41-47(50)53-44-45(43-52-46(49)40-37-34-31-28-21-18-15-12-9-6-3)54-48(51)42-39-36-33-30-27-25-23-20-17-14-11-8-5-2/h7,10,12,15-16,19-20,23-24,26,45H,4-6,8-9,11,13-14,17-18,21-22,25,27-44H2,1-3H3/b10-7-,15-12-,19-16-,23-20-,26-24-. The van der Waals surface area contributed by atoms with Crippen molar-refractivity contribution >= 4 is 17.9 Å². The van der Waals surface area contributed by atoms with Crippen molar-refractivity contribution in [1.29, 1.82) is 0 Å².